The molecule has 178 valence electrons. The van der Waals surface area contributed by atoms with E-state index in [1.54, 1.807) is 6.20 Å². The summed E-state index contributed by atoms with van der Waals surface area (Å²) in [6, 6.07) is 12.1. The largest absolute Gasteiger partial charge is 0.490 e. The topological polar surface area (TPSA) is 89.8 Å². The lowest BCUT2D eigenvalue weighted by Gasteiger charge is -2.24. The quantitative estimate of drug-likeness (QED) is 0.243. The maximum absolute atomic E-state index is 11.8. The second-order valence-electron chi connectivity index (χ2n) is 8.74. The number of benzene rings is 2. The smallest absolute Gasteiger partial charge is 0.228 e. The average molecular weight is 581 g/mol. The second-order valence-corrected chi connectivity index (χ2v) is 9.50. The van der Waals surface area contributed by atoms with Gasteiger partial charge in [0.2, 0.25) is 5.91 Å². The van der Waals surface area contributed by atoms with Gasteiger partial charge in [0.15, 0.2) is 11.5 Å². The summed E-state index contributed by atoms with van der Waals surface area (Å²) in [4.78, 5) is 21.2. The number of carbonyl (C=O) groups excluding carboxylic acids is 1. The highest BCUT2D eigenvalue weighted by Gasteiger charge is 2.20. The minimum atomic E-state index is 0.0211. The third-order valence-electron chi connectivity index (χ3n) is 6.33. The van der Waals surface area contributed by atoms with E-state index in [4.69, 9.17) is 14.5 Å². The van der Waals surface area contributed by atoms with E-state index in [0.29, 0.717) is 12.2 Å². The van der Waals surface area contributed by atoms with Crippen LogP contribution < -0.4 is 15.4 Å². The first-order chi connectivity index (χ1) is 17.2. The van der Waals surface area contributed by atoms with E-state index in [1.165, 1.54) is 0 Å². The van der Waals surface area contributed by atoms with Crippen molar-refractivity contribution < 1.29 is 14.3 Å². The molecule has 2 aliphatic heterocycles. The molecule has 0 spiro atoms. The summed E-state index contributed by atoms with van der Waals surface area (Å²) in [6.07, 6.45) is 8.07. The molecule has 9 heteroatoms. The first-order valence-corrected chi connectivity index (χ1v) is 13.2. The van der Waals surface area contributed by atoms with Gasteiger partial charge in [-0.05, 0) is 29.8 Å². The van der Waals surface area contributed by atoms with Crippen LogP contribution in [0.15, 0.2) is 55.0 Å². The van der Waals surface area contributed by atoms with Crippen molar-refractivity contribution in [2.24, 2.45) is 0 Å². The number of amides is 1. The molecule has 0 unspecified atom stereocenters. The Morgan fingerprint density at radius 2 is 2.09 bits per heavy atom. The number of rotatable bonds is 6. The summed E-state index contributed by atoms with van der Waals surface area (Å²) < 4.78 is 14.5. The van der Waals surface area contributed by atoms with Crippen molar-refractivity contribution in [2.75, 3.05) is 23.8 Å². The Morgan fingerprint density at radius 1 is 1.20 bits per heavy atom. The van der Waals surface area contributed by atoms with E-state index in [-0.39, 0.29) is 12.0 Å². The zero-order valence-corrected chi connectivity index (χ0v) is 21.1. The van der Waals surface area contributed by atoms with E-state index in [9.17, 15) is 4.79 Å². The van der Waals surface area contributed by atoms with Crippen LogP contribution in [0.25, 0.3) is 16.9 Å². The average Bonchev–Trinajstić information content (AvgIpc) is 3.50. The second kappa shape index (κ2) is 9.46. The molecule has 1 saturated heterocycles. The van der Waals surface area contributed by atoms with Crippen LogP contribution in [0.2, 0.25) is 0 Å². The van der Waals surface area contributed by atoms with E-state index >= 15 is 0 Å². The molecule has 4 aromatic rings. The summed E-state index contributed by atoms with van der Waals surface area (Å²) >= 11 is 2.37. The van der Waals surface area contributed by atoms with Crippen molar-refractivity contribution in [2.45, 2.75) is 29.8 Å². The van der Waals surface area contributed by atoms with Gasteiger partial charge >= 0.3 is 0 Å². The Kier molecular flexibility index (Phi) is 6.03. The number of fused-ring (bicyclic) bond motifs is 2. The Hall–Kier alpha value is -3.18. The van der Waals surface area contributed by atoms with E-state index in [0.717, 1.165) is 75.6 Å². The van der Waals surface area contributed by atoms with Crippen molar-refractivity contribution in [1.29, 1.82) is 0 Å². The number of alkyl halides is 1. The first-order valence-electron chi connectivity index (χ1n) is 11.6. The third kappa shape index (κ3) is 4.57. The molecule has 1 fully saturated rings. The fourth-order valence-electron chi connectivity index (χ4n) is 4.51. The Bertz CT molecular complexity index is 1410. The predicted molar refractivity (Wildman–Crippen MR) is 143 cm³/mol. The van der Waals surface area contributed by atoms with Crippen LogP contribution in [0.4, 0.5) is 17.2 Å². The van der Waals surface area contributed by atoms with Crippen molar-refractivity contribution in [3.8, 4) is 17.0 Å². The Morgan fingerprint density at radius 3 is 2.94 bits per heavy atom. The minimum absolute atomic E-state index is 0.0211. The van der Waals surface area contributed by atoms with Gasteiger partial charge in [0.25, 0.3) is 0 Å². The van der Waals surface area contributed by atoms with Crippen molar-refractivity contribution in [3.05, 3.63) is 66.1 Å². The fraction of sp³-hybridized carbons (Fsp3) is 0.269. The SMILES string of the molecule is O=C1Cc2ccc(-c3cn4ccnc4c(Nc4ccc(OC5CCOCC5)c(CI)c4)n3)cc2N1. The zero-order valence-electron chi connectivity index (χ0n) is 19.0. The van der Waals surface area contributed by atoms with Gasteiger partial charge in [0.05, 0.1) is 25.3 Å². The normalized spacial score (nSPS) is 15.7. The molecule has 2 aromatic carbocycles. The van der Waals surface area contributed by atoms with Gasteiger partial charge in [0.1, 0.15) is 11.9 Å². The molecular formula is C26H24IN5O3. The number of ether oxygens (including phenoxy) is 2. The number of imidazole rings is 1. The van der Waals surface area contributed by atoms with Crippen molar-refractivity contribution >= 4 is 51.3 Å². The molecule has 4 heterocycles. The fourth-order valence-corrected chi connectivity index (χ4v) is 5.11. The lowest BCUT2D eigenvalue weighted by Crippen LogP contribution is -2.26. The molecule has 6 rings (SSSR count). The number of aromatic nitrogens is 3. The minimum Gasteiger partial charge on any atom is -0.490 e. The van der Waals surface area contributed by atoms with Crippen molar-refractivity contribution in [1.82, 2.24) is 14.4 Å². The van der Waals surface area contributed by atoms with Gasteiger partial charge in [-0.3, -0.25) is 4.79 Å². The highest BCUT2D eigenvalue weighted by atomic mass is 127. The zero-order chi connectivity index (χ0) is 23.8. The standard InChI is InChI=1S/C26H24IN5O3/c27-14-18-11-19(3-4-23(18)35-20-5-9-34-10-6-20)29-25-26-28-7-8-32(26)15-22(31-25)16-1-2-17-13-24(33)30-21(17)12-16/h1-4,7-8,11-12,15,20H,5-6,9-10,13-14H2,(H,29,31)(H,30,33). The van der Waals surface area contributed by atoms with Crippen LogP contribution in [0.5, 0.6) is 5.75 Å². The molecule has 2 aromatic heterocycles. The molecule has 2 N–H and O–H groups in total. The van der Waals surface area contributed by atoms with Crippen molar-refractivity contribution in [3.63, 3.8) is 0 Å². The van der Waals surface area contributed by atoms with E-state index < -0.39 is 0 Å². The van der Waals surface area contributed by atoms with Gasteiger partial charge in [-0.25, -0.2) is 9.97 Å². The van der Waals surface area contributed by atoms with E-state index in [2.05, 4.69) is 44.3 Å². The molecule has 35 heavy (non-hydrogen) atoms. The molecule has 2 aliphatic rings. The maximum Gasteiger partial charge on any atom is 0.228 e. The summed E-state index contributed by atoms with van der Waals surface area (Å²) in [5.74, 6) is 1.60. The van der Waals surface area contributed by atoms with Gasteiger partial charge in [-0.1, -0.05) is 34.7 Å². The number of halogens is 1. The van der Waals surface area contributed by atoms with Crippen LogP contribution in [-0.4, -0.2) is 39.6 Å². The monoisotopic (exact) mass is 581 g/mol. The number of hydrogen-bond donors (Lipinski definition) is 2. The molecule has 0 saturated carbocycles. The summed E-state index contributed by atoms with van der Waals surface area (Å²) in [5.41, 5.74) is 6.37. The highest BCUT2D eigenvalue weighted by Crippen LogP contribution is 2.32. The van der Waals surface area contributed by atoms with Crippen LogP contribution in [0.1, 0.15) is 24.0 Å². The summed E-state index contributed by atoms with van der Waals surface area (Å²) in [7, 11) is 0. The molecular weight excluding hydrogens is 557 g/mol. The van der Waals surface area contributed by atoms with Crippen LogP contribution in [-0.2, 0) is 20.4 Å². The summed E-state index contributed by atoms with van der Waals surface area (Å²) in [6.45, 7) is 1.51. The number of hydrogen-bond acceptors (Lipinski definition) is 6. The molecule has 0 aliphatic carbocycles. The van der Waals surface area contributed by atoms with Crippen LogP contribution in [0, 0.1) is 0 Å². The Balaban J connectivity index is 1.31. The van der Waals surface area contributed by atoms with Gasteiger partial charge in [0, 0.05) is 58.4 Å². The Labute approximate surface area is 216 Å². The maximum atomic E-state index is 11.8. The number of carbonyl (C=O) groups is 1. The molecule has 0 radical (unpaired) electrons. The first kappa shape index (κ1) is 22.3. The number of anilines is 3. The summed E-state index contributed by atoms with van der Waals surface area (Å²) in [5, 5.41) is 6.39. The van der Waals surface area contributed by atoms with Gasteiger partial charge in [-0.15, -0.1) is 0 Å². The van der Waals surface area contributed by atoms with Crippen LogP contribution >= 0.6 is 22.6 Å². The van der Waals surface area contributed by atoms with Gasteiger partial charge < -0.3 is 24.5 Å². The third-order valence-corrected chi connectivity index (χ3v) is 7.16. The molecule has 8 nitrogen and oxygen atoms in total. The lowest BCUT2D eigenvalue weighted by molar-refractivity contribution is -0.115. The van der Waals surface area contributed by atoms with Gasteiger partial charge in [-0.2, -0.15) is 0 Å². The molecule has 1 amide bonds. The lowest BCUT2D eigenvalue weighted by atomic mass is 10.1. The highest BCUT2D eigenvalue weighted by molar-refractivity contribution is 14.1. The van der Waals surface area contributed by atoms with Crippen LogP contribution in [0.3, 0.4) is 0 Å². The number of nitrogens with one attached hydrogen (secondary N) is 2. The molecule has 0 atom stereocenters. The molecule has 0 bridgehead atoms. The number of nitrogens with zero attached hydrogens (tertiary/aromatic N) is 3. The van der Waals surface area contributed by atoms with E-state index in [1.807, 2.05) is 47.1 Å². The predicted octanol–water partition coefficient (Wildman–Crippen LogP) is 5.13.